The second-order valence-electron chi connectivity index (χ2n) is 5.46. The molecule has 0 saturated heterocycles. The highest BCUT2D eigenvalue weighted by molar-refractivity contribution is 5.47. The molecular formula is C18H23NO. The smallest absolute Gasteiger partial charge is 0.119 e. The maximum Gasteiger partial charge on any atom is 0.119 e. The van der Waals surface area contributed by atoms with Gasteiger partial charge in [-0.1, -0.05) is 18.2 Å². The van der Waals surface area contributed by atoms with Crippen LogP contribution in [0.5, 0.6) is 5.75 Å². The van der Waals surface area contributed by atoms with Gasteiger partial charge in [0.2, 0.25) is 0 Å². The van der Waals surface area contributed by atoms with Gasteiger partial charge in [0.05, 0.1) is 6.10 Å². The molecule has 2 rings (SSSR count). The summed E-state index contributed by atoms with van der Waals surface area (Å²) < 4.78 is 5.63. The summed E-state index contributed by atoms with van der Waals surface area (Å²) >= 11 is 0. The Morgan fingerprint density at radius 3 is 2.25 bits per heavy atom. The first-order chi connectivity index (χ1) is 9.54. The molecule has 0 heterocycles. The van der Waals surface area contributed by atoms with Crippen LogP contribution in [0.2, 0.25) is 0 Å². The van der Waals surface area contributed by atoms with Gasteiger partial charge < -0.3 is 10.1 Å². The van der Waals surface area contributed by atoms with Crippen LogP contribution in [0.15, 0.2) is 42.5 Å². The lowest BCUT2D eigenvalue weighted by atomic mass is 10.1. The molecule has 0 radical (unpaired) electrons. The van der Waals surface area contributed by atoms with Gasteiger partial charge in [-0.2, -0.15) is 0 Å². The zero-order chi connectivity index (χ0) is 14.5. The Bertz CT molecular complexity index is 558. The minimum absolute atomic E-state index is 0.212. The maximum atomic E-state index is 5.63. The van der Waals surface area contributed by atoms with E-state index < -0.39 is 0 Å². The van der Waals surface area contributed by atoms with E-state index in [4.69, 9.17) is 4.74 Å². The van der Waals surface area contributed by atoms with E-state index in [1.807, 2.05) is 26.0 Å². The predicted molar refractivity (Wildman–Crippen MR) is 85.4 cm³/mol. The lowest BCUT2D eigenvalue weighted by Crippen LogP contribution is -2.05. The van der Waals surface area contributed by atoms with Crippen molar-refractivity contribution in [1.29, 1.82) is 0 Å². The molecule has 2 nitrogen and oxygen atoms in total. The van der Waals surface area contributed by atoms with Crippen molar-refractivity contribution in [1.82, 2.24) is 0 Å². The first kappa shape index (κ1) is 14.4. The molecule has 0 atom stereocenters. The van der Waals surface area contributed by atoms with Gasteiger partial charge in [-0.05, 0) is 68.7 Å². The summed E-state index contributed by atoms with van der Waals surface area (Å²) in [5, 5.41) is 3.43. The Kier molecular flexibility index (Phi) is 4.67. The second kappa shape index (κ2) is 6.47. The van der Waals surface area contributed by atoms with Crippen molar-refractivity contribution in [2.24, 2.45) is 0 Å². The molecule has 2 aromatic rings. The molecule has 0 aliphatic rings. The Labute approximate surface area is 121 Å². The Hall–Kier alpha value is -1.96. The van der Waals surface area contributed by atoms with Crippen LogP contribution in [-0.4, -0.2) is 6.10 Å². The molecule has 0 aliphatic carbocycles. The molecule has 0 aromatic heterocycles. The fourth-order valence-electron chi connectivity index (χ4n) is 2.04. The standard InChI is InChI=1S/C18H23NO/c1-13(2)20-18-9-7-17(8-10-18)19-12-16-6-5-14(3)15(4)11-16/h5-11,13,19H,12H2,1-4H3. The number of benzene rings is 2. The topological polar surface area (TPSA) is 21.3 Å². The van der Waals surface area contributed by atoms with E-state index in [2.05, 4.69) is 49.5 Å². The van der Waals surface area contributed by atoms with Gasteiger partial charge in [-0.25, -0.2) is 0 Å². The third-order valence-corrected chi connectivity index (χ3v) is 3.29. The average molecular weight is 269 g/mol. The van der Waals surface area contributed by atoms with E-state index in [0.29, 0.717) is 0 Å². The minimum atomic E-state index is 0.212. The van der Waals surface area contributed by atoms with Crippen LogP contribution < -0.4 is 10.1 Å². The van der Waals surface area contributed by atoms with Crippen molar-refractivity contribution in [3.8, 4) is 5.75 Å². The lowest BCUT2D eigenvalue weighted by Gasteiger charge is -2.11. The summed E-state index contributed by atoms with van der Waals surface area (Å²) in [6.07, 6.45) is 0.212. The molecule has 0 unspecified atom stereocenters. The minimum Gasteiger partial charge on any atom is -0.491 e. The second-order valence-corrected chi connectivity index (χ2v) is 5.46. The third kappa shape index (κ3) is 4.02. The first-order valence-electron chi connectivity index (χ1n) is 7.11. The summed E-state index contributed by atoms with van der Waals surface area (Å²) in [6.45, 7) is 9.19. The molecule has 0 saturated carbocycles. The van der Waals surface area contributed by atoms with Gasteiger partial charge in [0.25, 0.3) is 0 Å². The molecule has 0 bridgehead atoms. The number of aryl methyl sites for hydroxylation is 2. The monoisotopic (exact) mass is 269 g/mol. The van der Waals surface area contributed by atoms with E-state index in [1.165, 1.54) is 16.7 Å². The number of ether oxygens (including phenoxy) is 1. The Morgan fingerprint density at radius 1 is 0.950 bits per heavy atom. The lowest BCUT2D eigenvalue weighted by molar-refractivity contribution is 0.242. The molecule has 0 amide bonds. The van der Waals surface area contributed by atoms with E-state index in [-0.39, 0.29) is 6.10 Å². The van der Waals surface area contributed by atoms with Gasteiger partial charge in [-0.15, -0.1) is 0 Å². The van der Waals surface area contributed by atoms with E-state index in [9.17, 15) is 0 Å². The van der Waals surface area contributed by atoms with Crippen molar-refractivity contribution in [3.63, 3.8) is 0 Å². The molecule has 2 aromatic carbocycles. The molecule has 20 heavy (non-hydrogen) atoms. The number of hydrogen-bond donors (Lipinski definition) is 1. The zero-order valence-corrected chi connectivity index (χ0v) is 12.7. The quantitative estimate of drug-likeness (QED) is 0.849. The highest BCUT2D eigenvalue weighted by Gasteiger charge is 1.99. The third-order valence-electron chi connectivity index (χ3n) is 3.29. The molecule has 106 valence electrons. The van der Waals surface area contributed by atoms with Crippen LogP contribution >= 0.6 is 0 Å². The summed E-state index contributed by atoms with van der Waals surface area (Å²) in [5.74, 6) is 0.914. The van der Waals surface area contributed by atoms with Gasteiger partial charge in [0.1, 0.15) is 5.75 Å². The van der Waals surface area contributed by atoms with Crippen molar-refractivity contribution >= 4 is 5.69 Å². The molecule has 2 heteroatoms. The van der Waals surface area contributed by atoms with E-state index >= 15 is 0 Å². The van der Waals surface area contributed by atoms with Crippen LogP contribution in [0.25, 0.3) is 0 Å². The molecule has 1 N–H and O–H groups in total. The van der Waals surface area contributed by atoms with Crippen LogP contribution in [0.1, 0.15) is 30.5 Å². The zero-order valence-electron chi connectivity index (χ0n) is 12.7. The molecule has 0 fully saturated rings. The number of rotatable bonds is 5. The van der Waals surface area contributed by atoms with Crippen LogP contribution in [0.3, 0.4) is 0 Å². The van der Waals surface area contributed by atoms with Gasteiger partial charge >= 0.3 is 0 Å². The molecule has 0 spiro atoms. The van der Waals surface area contributed by atoms with Crippen molar-refractivity contribution in [2.75, 3.05) is 5.32 Å². The number of nitrogens with one attached hydrogen (secondary N) is 1. The maximum absolute atomic E-state index is 5.63. The molecular weight excluding hydrogens is 246 g/mol. The van der Waals surface area contributed by atoms with Crippen molar-refractivity contribution in [2.45, 2.75) is 40.3 Å². The summed E-state index contributed by atoms with van der Waals surface area (Å²) in [4.78, 5) is 0. The van der Waals surface area contributed by atoms with Crippen molar-refractivity contribution < 1.29 is 4.74 Å². The highest BCUT2D eigenvalue weighted by atomic mass is 16.5. The van der Waals surface area contributed by atoms with Crippen LogP contribution in [-0.2, 0) is 6.54 Å². The average Bonchev–Trinajstić information content (AvgIpc) is 2.41. The first-order valence-corrected chi connectivity index (χ1v) is 7.11. The SMILES string of the molecule is Cc1ccc(CNc2ccc(OC(C)C)cc2)cc1C. The summed E-state index contributed by atoms with van der Waals surface area (Å²) in [6, 6.07) is 14.7. The highest BCUT2D eigenvalue weighted by Crippen LogP contribution is 2.18. The Balaban J connectivity index is 1.95. The predicted octanol–water partition coefficient (Wildman–Crippen LogP) is 4.70. The molecule has 0 aliphatic heterocycles. The van der Waals surface area contributed by atoms with Gasteiger partial charge in [-0.3, -0.25) is 0 Å². The van der Waals surface area contributed by atoms with E-state index in [1.54, 1.807) is 0 Å². The van der Waals surface area contributed by atoms with Crippen molar-refractivity contribution in [3.05, 3.63) is 59.2 Å². The summed E-state index contributed by atoms with van der Waals surface area (Å²) in [7, 11) is 0. The van der Waals surface area contributed by atoms with Crippen LogP contribution in [0.4, 0.5) is 5.69 Å². The van der Waals surface area contributed by atoms with E-state index in [0.717, 1.165) is 18.0 Å². The summed E-state index contributed by atoms with van der Waals surface area (Å²) in [5.41, 5.74) is 5.09. The largest absolute Gasteiger partial charge is 0.491 e. The van der Waals surface area contributed by atoms with Gasteiger partial charge in [0.15, 0.2) is 0 Å². The fourth-order valence-corrected chi connectivity index (χ4v) is 2.04. The van der Waals surface area contributed by atoms with Gasteiger partial charge in [0, 0.05) is 12.2 Å². The number of anilines is 1. The Morgan fingerprint density at radius 2 is 1.65 bits per heavy atom. The van der Waals surface area contributed by atoms with Crippen LogP contribution in [0, 0.1) is 13.8 Å². The normalized spacial score (nSPS) is 10.7. The fraction of sp³-hybridized carbons (Fsp3) is 0.333. The number of hydrogen-bond acceptors (Lipinski definition) is 2.